The zero-order chi connectivity index (χ0) is 26.1. The fourth-order valence-electron chi connectivity index (χ4n) is 4.41. The Bertz CT molecular complexity index is 1360. The van der Waals surface area contributed by atoms with Gasteiger partial charge in [-0.05, 0) is 65.3 Å². The lowest BCUT2D eigenvalue weighted by Crippen LogP contribution is -2.33. The standard InChI is InChI=1S/C30H31F3N2O/c1-20-16-23-12-14-34-27(23)26(17-20)28(36)35(19-22-8-10-24(11-9-22)29(2,3)4)15-13-21-6-5-7-25(18-21)30(31,32)33/h5-12,14,16-18,34H,13,15,19H2,1-4H3. The van der Waals surface area contributed by atoms with Crippen LogP contribution in [0.3, 0.4) is 0 Å². The predicted molar refractivity (Wildman–Crippen MR) is 138 cm³/mol. The highest BCUT2D eigenvalue weighted by atomic mass is 19.4. The third-order valence-corrected chi connectivity index (χ3v) is 6.44. The molecule has 0 saturated heterocycles. The Balaban J connectivity index is 1.64. The maximum atomic E-state index is 13.8. The number of H-pyrrole nitrogens is 1. The van der Waals surface area contributed by atoms with Crippen molar-refractivity contribution >= 4 is 16.8 Å². The summed E-state index contributed by atoms with van der Waals surface area (Å²) in [6, 6.07) is 19.3. The first-order valence-corrected chi connectivity index (χ1v) is 12.0. The molecule has 1 N–H and O–H groups in total. The lowest BCUT2D eigenvalue weighted by molar-refractivity contribution is -0.137. The minimum absolute atomic E-state index is 0.0122. The number of rotatable bonds is 6. The van der Waals surface area contributed by atoms with Gasteiger partial charge in [0.2, 0.25) is 0 Å². The molecule has 6 heteroatoms. The smallest absolute Gasteiger partial charge is 0.361 e. The Kier molecular flexibility index (Phi) is 6.98. The second kappa shape index (κ2) is 9.84. The van der Waals surface area contributed by atoms with Crippen molar-refractivity contribution in [2.45, 2.75) is 52.3 Å². The molecule has 1 amide bonds. The number of fused-ring (bicyclic) bond motifs is 1. The molecule has 0 fully saturated rings. The fourth-order valence-corrected chi connectivity index (χ4v) is 4.41. The summed E-state index contributed by atoms with van der Waals surface area (Å²) in [6.07, 6.45) is -2.28. The largest absolute Gasteiger partial charge is 0.416 e. The van der Waals surface area contributed by atoms with E-state index >= 15 is 0 Å². The van der Waals surface area contributed by atoms with Crippen LogP contribution in [0.15, 0.2) is 72.9 Å². The fraction of sp³-hybridized carbons (Fsp3) is 0.300. The molecule has 0 unspecified atom stereocenters. The Labute approximate surface area is 210 Å². The molecule has 0 aliphatic heterocycles. The van der Waals surface area contributed by atoms with Gasteiger partial charge in [-0.3, -0.25) is 4.79 Å². The zero-order valence-electron chi connectivity index (χ0n) is 21.0. The number of amides is 1. The third kappa shape index (κ3) is 5.81. The number of nitrogens with zero attached hydrogens (tertiary/aromatic N) is 1. The molecule has 1 heterocycles. The van der Waals surface area contributed by atoms with Gasteiger partial charge in [0.25, 0.3) is 5.91 Å². The van der Waals surface area contributed by atoms with E-state index in [9.17, 15) is 18.0 Å². The molecule has 4 rings (SSSR count). The van der Waals surface area contributed by atoms with Crippen molar-refractivity contribution < 1.29 is 18.0 Å². The van der Waals surface area contributed by atoms with Gasteiger partial charge in [0.1, 0.15) is 0 Å². The molecule has 0 aliphatic rings. The number of aromatic nitrogens is 1. The van der Waals surface area contributed by atoms with Crippen molar-refractivity contribution in [3.63, 3.8) is 0 Å². The van der Waals surface area contributed by atoms with E-state index in [0.29, 0.717) is 24.1 Å². The normalized spacial score (nSPS) is 12.2. The summed E-state index contributed by atoms with van der Waals surface area (Å²) in [4.78, 5) is 18.7. The van der Waals surface area contributed by atoms with Gasteiger partial charge in [-0.2, -0.15) is 13.2 Å². The lowest BCUT2D eigenvalue weighted by Gasteiger charge is -2.25. The van der Waals surface area contributed by atoms with Gasteiger partial charge in [-0.15, -0.1) is 0 Å². The number of aryl methyl sites for hydroxylation is 1. The minimum Gasteiger partial charge on any atom is -0.361 e. The van der Waals surface area contributed by atoms with Gasteiger partial charge in [0.05, 0.1) is 16.6 Å². The van der Waals surface area contributed by atoms with E-state index in [0.717, 1.165) is 34.2 Å². The van der Waals surface area contributed by atoms with Crippen LogP contribution in [-0.4, -0.2) is 22.3 Å². The van der Waals surface area contributed by atoms with E-state index in [1.165, 1.54) is 11.6 Å². The van der Waals surface area contributed by atoms with Crippen molar-refractivity contribution in [3.05, 3.63) is 106 Å². The number of benzene rings is 3. The van der Waals surface area contributed by atoms with Crippen molar-refractivity contribution in [1.29, 1.82) is 0 Å². The SMILES string of the molecule is Cc1cc(C(=O)N(CCc2cccc(C(F)(F)F)c2)Cc2ccc(C(C)(C)C)cc2)c2[nH]ccc2c1. The summed E-state index contributed by atoms with van der Waals surface area (Å²) in [7, 11) is 0. The van der Waals surface area contributed by atoms with Gasteiger partial charge < -0.3 is 9.88 Å². The number of halogens is 3. The molecule has 4 aromatic rings. The Hall–Kier alpha value is -3.54. The van der Waals surface area contributed by atoms with Crippen molar-refractivity contribution in [2.24, 2.45) is 0 Å². The quantitative estimate of drug-likeness (QED) is 0.294. The molecular weight excluding hydrogens is 461 g/mol. The number of hydrogen-bond donors (Lipinski definition) is 1. The van der Waals surface area contributed by atoms with Gasteiger partial charge in [0, 0.05) is 24.7 Å². The van der Waals surface area contributed by atoms with Crippen LogP contribution < -0.4 is 0 Å². The number of aromatic amines is 1. The van der Waals surface area contributed by atoms with Crippen molar-refractivity contribution in [1.82, 2.24) is 9.88 Å². The Morgan fingerprint density at radius 2 is 1.61 bits per heavy atom. The van der Waals surface area contributed by atoms with E-state index in [1.54, 1.807) is 17.2 Å². The van der Waals surface area contributed by atoms with Crippen molar-refractivity contribution in [2.75, 3.05) is 6.54 Å². The predicted octanol–water partition coefficient (Wildman–Crippen LogP) is 7.68. The monoisotopic (exact) mass is 492 g/mol. The molecule has 0 atom stereocenters. The summed E-state index contributed by atoms with van der Waals surface area (Å²) < 4.78 is 39.6. The van der Waals surface area contributed by atoms with Gasteiger partial charge in [-0.1, -0.05) is 63.2 Å². The molecule has 0 spiro atoms. The summed E-state index contributed by atoms with van der Waals surface area (Å²) in [6.45, 7) is 9.03. The van der Waals surface area contributed by atoms with E-state index in [-0.39, 0.29) is 17.9 Å². The van der Waals surface area contributed by atoms with E-state index in [4.69, 9.17) is 0 Å². The van der Waals surface area contributed by atoms with Crippen LogP contribution in [0.2, 0.25) is 0 Å². The lowest BCUT2D eigenvalue weighted by atomic mass is 9.87. The van der Waals surface area contributed by atoms with Crippen LogP contribution in [0.25, 0.3) is 10.9 Å². The van der Waals surface area contributed by atoms with Gasteiger partial charge >= 0.3 is 6.18 Å². The highest BCUT2D eigenvalue weighted by molar-refractivity contribution is 6.06. The molecule has 0 saturated carbocycles. The molecule has 3 aromatic carbocycles. The average Bonchev–Trinajstić information content (AvgIpc) is 3.28. The Morgan fingerprint density at radius 3 is 2.28 bits per heavy atom. The van der Waals surface area contributed by atoms with Crippen LogP contribution >= 0.6 is 0 Å². The van der Waals surface area contributed by atoms with Gasteiger partial charge in [0.15, 0.2) is 0 Å². The first kappa shape index (κ1) is 25.5. The van der Waals surface area contributed by atoms with Crippen LogP contribution in [0.4, 0.5) is 13.2 Å². The highest BCUT2D eigenvalue weighted by Crippen LogP contribution is 2.30. The molecule has 36 heavy (non-hydrogen) atoms. The van der Waals surface area contributed by atoms with Crippen LogP contribution in [0, 0.1) is 6.92 Å². The first-order chi connectivity index (χ1) is 16.9. The van der Waals surface area contributed by atoms with Crippen LogP contribution in [0.1, 0.15) is 58.9 Å². The maximum absolute atomic E-state index is 13.8. The number of hydrogen-bond acceptors (Lipinski definition) is 1. The topological polar surface area (TPSA) is 36.1 Å². The zero-order valence-corrected chi connectivity index (χ0v) is 21.0. The number of nitrogens with one attached hydrogen (secondary N) is 1. The number of carbonyl (C=O) groups excluding carboxylic acids is 1. The van der Waals surface area contributed by atoms with E-state index < -0.39 is 11.7 Å². The highest BCUT2D eigenvalue weighted by Gasteiger charge is 2.30. The van der Waals surface area contributed by atoms with E-state index in [1.807, 2.05) is 37.3 Å². The second-order valence-corrected chi connectivity index (χ2v) is 10.4. The summed E-state index contributed by atoms with van der Waals surface area (Å²) >= 11 is 0. The molecule has 188 valence electrons. The summed E-state index contributed by atoms with van der Waals surface area (Å²) in [5.41, 5.74) is 4.33. The molecule has 0 radical (unpaired) electrons. The first-order valence-electron chi connectivity index (χ1n) is 12.0. The number of carbonyl (C=O) groups is 1. The van der Waals surface area contributed by atoms with Crippen LogP contribution in [0.5, 0.6) is 0 Å². The van der Waals surface area contributed by atoms with Crippen LogP contribution in [-0.2, 0) is 24.6 Å². The molecule has 3 nitrogen and oxygen atoms in total. The molecule has 0 bridgehead atoms. The van der Waals surface area contributed by atoms with E-state index in [2.05, 4.69) is 37.9 Å². The third-order valence-electron chi connectivity index (χ3n) is 6.44. The Morgan fingerprint density at radius 1 is 0.889 bits per heavy atom. The molecule has 1 aromatic heterocycles. The second-order valence-electron chi connectivity index (χ2n) is 10.4. The van der Waals surface area contributed by atoms with Crippen molar-refractivity contribution in [3.8, 4) is 0 Å². The average molecular weight is 493 g/mol. The molecule has 0 aliphatic carbocycles. The van der Waals surface area contributed by atoms with Gasteiger partial charge in [-0.25, -0.2) is 0 Å². The summed E-state index contributed by atoms with van der Waals surface area (Å²) in [5, 5.41) is 0.950. The minimum atomic E-state index is -4.40. The maximum Gasteiger partial charge on any atom is 0.416 e. The summed E-state index contributed by atoms with van der Waals surface area (Å²) in [5.74, 6) is -0.155. The number of alkyl halides is 3. The molecular formula is C30H31F3N2O.